The first-order chi connectivity index (χ1) is 8.69. The summed E-state index contributed by atoms with van der Waals surface area (Å²) < 4.78 is 0. The van der Waals surface area contributed by atoms with Gasteiger partial charge in [0.1, 0.15) is 5.84 Å². The fraction of sp³-hybridized carbons (Fsp3) is 0.929. The van der Waals surface area contributed by atoms with E-state index >= 15 is 0 Å². The highest BCUT2D eigenvalue weighted by Crippen LogP contribution is 2.30. The molecule has 106 valence electrons. The largest absolute Gasteiger partial charge is 0.409 e. The van der Waals surface area contributed by atoms with Crippen molar-refractivity contribution in [3.63, 3.8) is 0 Å². The third kappa shape index (κ3) is 5.25. The van der Waals surface area contributed by atoms with Crippen molar-refractivity contribution in [3.8, 4) is 0 Å². The Labute approximate surface area is 111 Å². The molecule has 0 aliphatic heterocycles. The van der Waals surface area contributed by atoms with Crippen molar-refractivity contribution in [1.82, 2.24) is 5.32 Å². The Hall–Kier alpha value is -0.770. The topological polar surface area (TPSA) is 70.6 Å². The minimum Gasteiger partial charge on any atom is -0.409 e. The maximum atomic E-state index is 8.59. The highest BCUT2D eigenvalue weighted by atomic mass is 16.4. The Morgan fingerprint density at radius 3 is 2.39 bits per heavy atom. The van der Waals surface area contributed by atoms with E-state index in [0.717, 1.165) is 24.8 Å². The molecule has 0 saturated heterocycles. The van der Waals surface area contributed by atoms with Gasteiger partial charge in [0.15, 0.2) is 0 Å². The Bertz CT molecular complexity index is 247. The molecule has 1 aliphatic rings. The van der Waals surface area contributed by atoms with Crippen molar-refractivity contribution in [2.24, 2.45) is 22.7 Å². The fourth-order valence-electron chi connectivity index (χ4n) is 2.83. The van der Waals surface area contributed by atoms with E-state index in [9.17, 15) is 0 Å². The summed E-state index contributed by atoms with van der Waals surface area (Å²) >= 11 is 0. The van der Waals surface area contributed by atoms with Crippen molar-refractivity contribution < 1.29 is 5.21 Å². The number of amidine groups is 1. The highest BCUT2D eigenvalue weighted by molar-refractivity contribution is 5.80. The first-order valence-corrected chi connectivity index (χ1v) is 7.39. The lowest BCUT2D eigenvalue weighted by molar-refractivity contribution is 0.255. The van der Waals surface area contributed by atoms with E-state index in [4.69, 9.17) is 10.9 Å². The molecule has 0 aromatic rings. The van der Waals surface area contributed by atoms with Gasteiger partial charge in [-0.25, -0.2) is 0 Å². The molecule has 1 aliphatic carbocycles. The number of rotatable bonds is 7. The van der Waals surface area contributed by atoms with Gasteiger partial charge in [-0.05, 0) is 37.6 Å². The number of nitrogens with zero attached hydrogens (tertiary/aromatic N) is 1. The molecule has 1 unspecified atom stereocenters. The van der Waals surface area contributed by atoms with Crippen LogP contribution in [0.4, 0.5) is 0 Å². The standard InChI is InChI=1S/C14H29N3O/c1-3-11-5-7-12(8-6-11)10-16-13(4-2)9-14(15)17-18/h11-13,16,18H,3-10H2,1-2H3,(H2,15,17). The summed E-state index contributed by atoms with van der Waals surface area (Å²) in [5.41, 5.74) is 5.55. The van der Waals surface area contributed by atoms with Gasteiger partial charge in [-0.1, -0.05) is 38.3 Å². The second kappa shape index (κ2) is 8.35. The van der Waals surface area contributed by atoms with Crippen molar-refractivity contribution in [3.05, 3.63) is 0 Å². The zero-order valence-electron chi connectivity index (χ0n) is 11.9. The summed E-state index contributed by atoms with van der Waals surface area (Å²) in [6, 6.07) is 0.338. The highest BCUT2D eigenvalue weighted by Gasteiger charge is 2.20. The van der Waals surface area contributed by atoms with Crippen LogP contribution in [0.2, 0.25) is 0 Å². The van der Waals surface area contributed by atoms with Crippen LogP contribution in [0.25, 0.3) is 0 Å². The maximum absolute atomic E-state index is 8.59. The molecule has 18 heavy (non-hydrogen) atoms. The lowest BCUT2D eigenvalue weighted by Crippen LogP contribution is -2.37. The van der Waals surface area contributed by atoms with Crippen LogP contribution in [0.3, 0.4) is 0 Å². The molecule has 0 bridgehead atoms. The van der Waals surface area contributed by atoms with Crippen LogP contribution in [0.15, 0.2) is 5.16 Å². The summed E-state index contributed by atoms with van der Waals surface area (Å²) in [4.78, 5) is 0. The quantitative estimate of drug-likeness (QED) is 0.283. The van der Waals surface area contributed by atoms with Crippen LogP contribution >= 0.6 is 0 Å². The molecule has 0 spiro atoms. The van der Waals surface area contributed by atoms with E-state index in [1.165, 1.54) is 32.1 Å². The minimum atomic E-state index is 0.323. The molecule has 0 amide bonds. The molecule has 0 aromatic heterocycles. The molecular weight excluding hydrogens is 226 g/mol. The van der Waals surface area contributed by atoms with Crippen LogP contribution in [0.1, 0.15) is 58.8 Å². The average Bonchev–Trinajstić information content (AvgIpc) is 2.43. The molecule has 4 N–H and O–H groups in total. The molecule has 0 heterocycles. The first-order valence-electron chi connectivity index (χ1n) is 7.39. The van der Waals surface area contributed by atoms with Gasteiger partial charge in [-0.15, -0.1) is 0 Å². The molecule has 0 aromatic carbocycles. The van der Waals surface area contributed by atoms with Crippen LogP contribution in [0, 0.1) is 11.8 Å². The zero-order valence-corrected chi connectivity index (χ0v) is 11.9. The van der Waals surface area contributed by atoms with Gasteiger partial charge in [0.25, 0.3) is 0 Å². The van der Waals surface area contributed by atoms with Gasteiger partial charge >= 0.3 is 0 Å². The number of nitrogens with one attached hydrogen (secondary N) is 1. The molecule has 1 atom stereocenters. The third-order valence-corrected chi connectivity index (χ3v) is 4.32. The van der Waals surface area contributed by atoms with E-state index in [1.54, 1.807) is 0 Å². The van der Waals surface area contributed by atoms with Crippen LogP contribution in [-0.2, 0) is 0 Å². The Morgan fingerprint density at radius 1 is 1.28 bits per heavy atom. The average molecular weight is 255 g/mol. The van der Waals surface area contributed by atoms with E-state index < -0.39 is 0 Å². The van der Waals surface area contributed by atoms with Crippen molar-refractivity contribution >= 4 is 5.84 Å². The Balaban J connectivity index is 2.22. The Kier molecular flexibility index (Phi) is 7.09. The van der Waals surface area contributed by atoms with Crippen LogP contribution < -0.4 is 11.1 Å². The fourth-order valence-corrected chi connectivity index (χ4v) is 2.83. The summed E-state index contributed by atoms with van der Waals surface area (Å²) in [5.74, 6) is 2.10. The van der Waals surface area contributed by atoms with E-state index in [0.29, 0.717) is 18.3 Å². The van der Waals surface area contributed by atoms with Crippen LogP contribution in [0.5, 0.6) is 0 Å². The van der Waals surface area contributed by atoms with Crippen molar-refractivity contribution in [2.75, 3.05) is 6.54 Å². The molecule has 1 saturated carbocycles. The van der Waals surface area contributed by atoms with E-state index in [-0.39, 0.29) is 0 Å². The number of hydrogen-bond donors (Lipinski definition) is 3. The molecule has 4 heteroatoms. The van der Waals surface area contributed by atoms with Gasteiger partial charge in [0, 0.05) is 12.5 Å². The van der Waals surface area contributed by atoms with Crippen LogP contribution in [-0.4, -0.2) is 23.6 Å². The number of oxime groups is 1. The summed E-state index contributed by atoms with van der Waals surface area (Å²) in [5, 5.41) is 15.2. The monoisotopic (exact) mass is 255 g/mol. The molecule has 4 nitrogen and oxygen atoms in total. The zero-order chi connectivity index (χ0) is 13.4. The predicted molar refractivity (Wildman–Crippen MR) is 75.8 cm³/mol. The van der Waals surface area contributed by atoms with Crippen molar-refractivity contribution in [2.45, 2.75) is 64.8 Å². The van der Waals surface area contributed by atoms with E-state index in [1.807, 2.05) is 0 Å². The Morgan fingerprint density at radius 2 is 1.89 bits per heavy atom. The lowest BCUT2D eigenvalue weighted by atomic mass is 9.81. The normalized spacial score (nSPS) is 27.1. The van der Waals surface area contributed by atoms with Gasteiger partial charge in [0.05, 0.1) is 0 Å². The second-order valence-corrected chi connectivity index (χ2v) is 5.60. The third-order valence-electron chi connectivity index (χ3n) is 4.32. The molecule has 0 radical (unpaired) electrons. The van der Waals surface area contributed by atoms with E-state index in [2.05, 4.69) is 24.3 Å². The molecular formula is C14H29N3O. The maximum Gasteiger partial charge on any atom is 0.140 e. The van der Waals surface area contributed by atoms with Gasteiger partial charge in [-0.3, -0.25) is 0 Å². The SMILES string of the molecule is CCC1CCC(CNC(CC)C/C(N)=N/O)CC1. The number of hydrogen-bond acceptors (Lipinski definition) is 3. The summed E-state index contributed by atoms with van der Waals surface area (Å²) in [7, 11) is 0. The number of nitrogens with two attached hydrogens (primary N) is 1. The summed E-state index contributed by atoms with van der Waals surface area (Å²) in [6.07, 6.45) is 8.47. The first kappa shape index (κ1) is 15.3. The molecule has 1 fully saturated rings. The second-order valence-electron chi connectivity index (χ2n) is 5.60. The van der Waals surface area contributed by atoms with Gasteiger partial charge in [0.2, 0.25) is 0 Å². The van der Waals surface area contributed by atoms with Crippen molar-refractivity contribution in [1.29, 1.82) is 0 Å². The smallest absolute Gasteiger partial charge is 0.140 e. The summed E-state index contributed by atoms with van der Waals surface area (Å²) in [6.45, 7) is 5.51. The lowest BCUT2D eigenvalue weighted by Gasteiger charge is -2.29. The van der Waals surface area contributed by atoms with Gasteiger partial charge < -0.3 is 16.3 Å². The minimum absolute atomic E-state index is 0.323. The van der Waals surface area contributed by atoms with Gasteiger partial charge in [-0.2, -0.15) is 0 Å². The molecule has 1 rings (SSSR count). The predicted octanol–water partition coefficient (Wildman–Crippen LogP) is 2.71.